The monoisotopic (exact) mass is 406 g/mol. The number of thiazole rings is 1. The van der Waals surface area contributed by atoms with Gasteiger partial charge >= 0.3 is 0 Å². The maximum atomic E-state index is 12.1. The molecule has 1 heterocycles. The molecule has 1 N–H and O–H groups in total. The fourth-order valence-electron chi connectivity index (χ4n) is 2.34. The third-order valence-corrected chi connectivity index (χ3v) is 5.42. The number of halogens is 2. The lowest BCUT2D eigenvalue weighted by atomic mass is 10.1. The number of anilines is 1. The van der Waals surface area contributed by atoms with Crippen molar-refractivity contribution in [2.45, 2.75) is 13.3 Å². The van der Waals surface area contributed by atoms with Gasteiger partial charge in [-0.1, -0.05) is 53.5 Å². The van der Waals surface area contributed by atoms with Crippen LogP contribution in [0.15, 0.2) is 48.7 Å². The maximum Gasteiger partial charge on any atom is 0.264 e. The molecular weight excluding hydrogens is 391 g/mol. The van der Waals surface area contributed by atoms with E-state index in [0.29, 0.717) is 27.3 Å². The van der Waals surface area contributed by atoms with Gasteiger partial charge < -0.3 is 4.74 Å². The van der Waals surface area contributed by atoms with E-state index in [9.17, 15) is 4.79 Å². The van der Waals surface area contributed by atoms with Crippen molar-refractivity contribution in [3.63, 3.8) is 0 Å². The van der Waals surface area contributed by atoms with Crippen molar-refractivity contribution in [1.29, 1.82) is 0 Å². The van der Waals surface area contributed by atoms with Crippen LogP contribution in [-0.2, 0) is 11.2 Å². The zero-order valence-corrected chi connectivity index (χ0v) is 16.3. The Labute approximate surface area is 165 Å². The molecule has 0 spiro atoms. The SMILES string of the molecule is Cc1ccccc1OCC(=O)Nc1ncc(Cc2cccc(Cl)c2Cl)s1. The summed E-state index contributed by atoms with van der Waals surface area (Å²) in [4.78, 5) is 17.3. The third-order valence-electron chi connectivity index (χ3n) is 3.65. The van der Waals surface area contributed by atoms with E-state index in [-0.39, 0.29) is 12.5 Å². The van der Waals surface area contributed by atoms with E-state index in [1.807, 2.05) is 43.3 Å². The Morgan fingerprint density at radius 2 is 2.00 bits per heavy atom. The van der Waals surface area contributed by atoms with Crippen LogP contribution in [0.3, 0.4) is 0 Å². The Bertz CT molecular complexity index is 927. The van der Waals surface area contributed by atoms with Gasteiger partial charge in [0.15, 0.2) is 11.7 Å². The summed E-state index contributed by atoms with van der Waals surface area (Å²) >= 11 is 13.6. The van der Waals surface area contributed by atoms with E-state index in [4.69, 9.17) is 27.9 Å². The number of carbonyl (C=O) groups excluding carboxylic acids is 1. The number of rotatable bonds is 6. The van der Waals surface area contributed by atoms with Gasteiger partial charge in [0.2, 0.25) is 0 Å². The number of aromatic nitrogens is 1. The second-order valence-electron chi connectivity index (χ2n) is 5.62. The molecule has 134 valence electrons. The number of benzene rings is 2. The minimum atomic E-state index is -0.255. The number of nitrogens with one attached hydrogen (secondary N) is 1. The number of ether oxygens (including phenoxy) is 1. The van der Waals surface area contributed by atoms with Crippen LogP contribution in [0.1, 0.15) is 16.0 Å². The van der Waals surface area contributed by atoms with Crippen LogP contribution in [0.5, 0.6) is 5.75 Å². The molecule has 0 bridgehead atoms. The first-order valence-electron chi connectivity index (χ1n) is 7.89. The molecule has 3 aromatic rings. The van der Waals surface area contributed by atoms with Gasteiger partial charge in [-0.15, -0.1) is 11.3 Å². The lowest BCUT2D eigenvalue weighted by Crippen LogP contribution is -2.20. The van der Waals surface area contributed by atoms with Crippen molar-refractivity contribution < 1.29 is 9.53 Å². The zero-order chi connectivity index (χ0) is 18.5. The zero-order valence-electron chi connectivity index (χ0n) is 14.0. The molecule has 1 aromatic heterocycles. The van der Waals surface area contributed by atoms with E-state index in [2.05, 4.69) is 10.3 Å². The summed E-state index contributed by atoms with van der Waals surface area (Å²) in [6.07, 6.45) is 2.33. The summed E-state index contributed by atoms with van der Waals surface area (Å²) in [5, 5.41) is 4.34. The van der Waals surface area contributed by atoms with Crippen molar-refractivity contribution >= 4 is 45.6 Å². The molecule has 2 aromatic carbocycles. The Hall–Kier alpha value is -2.08. The summed E-state index contributed by atoms with van der Waals surface area (Å²) in [5.41, 5.74) is 1.90. The van der Waals surface area contributed by atoms with Gasteiger partial charge in [-0.2, -0.15) is 0 Å². The van der Waals surface area contributed by atoms with E-state index < -0.39 is 0 Å². The van der Waals surface area contributed by atoms with E-state index in [0.717, 1.165) is 16.0 Å². The first-order valence-corrected chi connectivity index (χ1v) is 9.46. The summed E-state index contributed by atoms with van der Waals surface area (Å²) < 4.78 is 5.53. The van der Waals surface area contributed by atoms with Crippen molar-refractivity contribution in [2.24, 2.45) is 0 Å². The molecule has 0 atom stereocenters. The van der Waals surface area contributed by atoms with Gasteiger partial charge in [-0.05, 0) is 30.2 Å². The van der Waals surface area contributed by atoms with E-state index in [1.165, 1.54) is 11.3 Å². The average Bonchev–Trinajstić information content (AvgIpc) is 3.05. The number of hydrogen-bond acceptors (Lipinski definition) is 4. The van der Waals surface area contributed by atoms with Crippen LogP contribution in [0.4, 0.5) is 5.13 Å². The highest BCUT2D eigenvalue weighted by Gasteiger charge is 2.11. The van der Waals surface area contributed by atoms with Gasteiger partial charge in [0.25, 0.3) is 5.91 Å². The van der Waals surface area contributed by atoms with Crippen LogP contribution in [-0.4, -0.2) is 17.5 Å². The Balaban J connectivity index is 1.57. The van der Waals surface area contributed by atoms with Crippen LogP contribution in [0, 0.1) is 6.92 Å². The smallest absolute Gasteiger partial charge is 0.264 e. The summed E-state index contributed by atoms with van der Waals surface area (Å²) in [6.45, 7) is 1.86. The molecule has 7 heteroatoms. The molecule has 0 fully saturated rings. The molecule has 0 unspecified atom stereocenters. The number of nitrogens with zero attached hydrogens (tertiary/aromatic N) is 1. The van der Waals surface area contributed by atoms with Crippen LogP contribution in [0.25, 0.3) is 0 Å². The largest absolute Gasteiger partial charge is 0.483 e. The molecular formula is C19H16Cl2N2O2S. The minimum absolute atomic E-state index is 0.0696. The molecule has 0 aliphatic carbocycles. The maximum absolute atomic E-state index is 12.1. The number of amides is 1. The number of hydrogen-bond donors (Lipinski definition) is 1. The van der Waals surface area contributed by atoms with Gasteiger partial charge in [0.05, 0.1) is 10.0 Å². The Morgan fingerprint density at radius 1 is 1.19 bits per heavy atom. The van der Waals surface area contributed by atoms with Crippen molar-refractivity contribution in [3.8, 4) is 5.75 Å². The fraction of sp³-hybridized carbons (Fsp3) is 0.158. The molecule has 0 aliphatic heterocycles. The molecule has 0 saturated heterocycles. The summed E-state index contributed by atoms with van der Waals surface area (Å²) in [7, 11) is 0. The van der Waals surface area contributed by atoms with E-state index >= 15 is 0 Å². The van der Waals surface area contributed by atoms with Crippen LogP contribution >= 0.6 is 34.5 Å². The van der Waals surface area contributed by atoms with Gasteiger partial charge in [0.1, 0.15) is 5.75 Å². The summed E-state index contributed by atoms with van der Waals surface area (Å²) in [6, 6.07) is 13.1. The molecule has 3 rings (SSSR count). The Kier molecular flexibility index (Phi) is 6.14. The molecule has 0 saturated carbocycles. The highest BCUT2D eigenvalue weighted by molar-refractivity contribution is 7.15. The number of aryl methyl sites for hydroxylation is 1. The predicted octanol–water partition coefficient (Wildman–Crippen LogP) is 5.37. The second-order valence-corrected chi connectivity index (χ2v) is 7.52. The fourth-order valence-corrected chi connectivity index (χ4v) is 3.58. The van der Waals surface area contributed by atoms with Gasteiger partial charge in [0, 0.05) is 17.5 Å². The molecule has 26 heavy (non-hydrogen) atoms. The Morgan fingerprint density at radius 3 is 2.81 bits per heavy atom. The minimum Gasteiger partial charge on any atom is -0.483 e. The quantitative estimate of drug-likeness (QED) is 0.598. The molecule has 1 amide bonds. The average molecular weight is 407 g/mol. The van der Waals surface area contributed by atoms with Crippen LogP contribution in [0.2, 0.25) is 10.0 Å². The number of para-hydroxylation sites is 1. The topological polar surface area (TPSA) is 51.2 Å². The van der Waals surface area contributed by atoms with E-state index in [1.54, 1.807) is 12.3 Å². The lowest BCUT2D eigenvalue weighted by molar-refractivity contribution is -0.118. The highest BCUT2D eigenvalue weighted by atomic mass is 35.5. The first kappa shape index (κ1) is 18.7. The van der Waals surface area contributed by atoms with Crippen molar-refractivity contribution in [3.05, 3.63) is 74.7 Å². The number of carbonyl (C=O) groups is 1. The van der Waals surface area contributed by atoms with Crippen LogP contribution < -0.4 is 10.1 Å². The van der Waals surface area contributed by atoms with Crippen molar-refractivity contribution in [1.82, 2.24) is 4.98 Å². The summed E-state index contributed by atoms with van der Waals surface area (Å²) in [5.74, 6) is 0.438. The first-order chi connectivity index (χ1) is 12.5. The molecule has 0 radical (unpaired) electrons. The predicted molar refractivity (Wildman–Crippen MR) is 107 cm³/mol. The normalized spacial score (nSPS) is 10.6. The highest BCUT2D eigenvalue weighted by Crippen LogP contribution is 2.29. The molecule has 4 nitrogen and oxygen atoms in total. The third kappa shape index (κ3) is 4.75. The second kappa shape index (κ2) is 8.54. The standard InChI is InChI=1S/C19H16Cl2N2O2S/c1-12-5-2-3-8-16(12)25-11-17(24)23-19-22-10-14(26-19)9-13-6-4-7-15(20)18(13)21/h2-8,10H,9,11H2,1H3,(H,22,23,24). The van der Waals surface area contributed by atoms with Gasteiger partial charge in [-0.25, -0.2) is 4.98 Å². The van der Waals surface area contributed by atoms with Gasteiger partial charge in [-0.3, -0.25) is 10.1 Å². The van der Waals surface area contributed by atoms with Crippen molar-refractivity contribution in [2.75, 3.05) is 11.9 Å². The molecule has 0 aliphatic rings. The lowest BCUT2D eigenvalue weighted by Gasteiger charge is -2.08.